The molecule has 0 radical (unpaired) electrons. The Morgan fingerprint density at radius 3 is 2.71 bits per heavy atom. The number of likely N-dealkylation sites (N-methyl/N-ethyl adjacent to an activating group) is 1. The molecule has 0 spiro atoms. The zero-order chi connectivity index (χ0) is 15.0. The van der Waals surface area contributed by atoms with Crippen LogP contribution in [-0.4, -0.2) is 53.0 Å². The maximum absolute atomic E-state index is 11.3. The molecule has 0 atom stereocenters. The molecule has 7 nitrogen and oxygen atoms in total. The lowest BCUT2D eigenvalue weighted by Crippen LogP contribution is -2.47. The van der Waals surface area contributed by atoms with E-state index in [0.717, 1.165) is 41.4 Å². The number of hydrogen-bond donors (Lipinski definition) is 1. The van der Waals surface area contributed by atoms with Crippen molar-refractivity contribution in [2.45, 2.75) is 6.92 Å². The molecule has 3 rings (SSSR count). The molecule has 1 fully saturated rings. The summed E-state index contributed by atoms with van der Waals surface area (Å²) in [6.45, 7) is 5.46. The van der Waals surface area contributed by atoms with E-state index >= 15 is 0 Å². The first kappa shape index (κ1) is 14.2. The molecule has 21 heavy (non-hydrogen) atoms. The van der Waals surface area contributed by atoms with Crippen molar-refractivity contribution in [2.24, 2.45) is 0 Å². The quantitative estimate of drug-likeness (QED) is 0.691. The van der Waals surface area contributed by atoms with Gasteiger partial charge in [0.15, 0.2) is 0 Å². The van der Waals surface area contributed by atoms with Gasteiger partial charge in [-0.1, -0.05) is 0 Å². The summed E-state index contributed by atoms with van der Waals surface area (Å²) in [6, 6.07) is 3.38. The summed E-state index contributed by atoms with van der Waals surface area (Å²) >= 11 is 1.48. The fourth-order valence-corrected chi connectivity index (χ4v) is 3.25. The van der Waals surface area contributed by atoms with Crippen molar-refractivity contribution in [3.05, 3.63) is 27.3 Å². The fraction of sp³-hybridized carbons (Fsp3) is 0.462. The molecule has 112 valence electrons. The van der Waals surface area contributed by atoms with E-state index in [-0.39, 0.29) is 10.6 Å². The van der Waals surface area contributed by atoms with Crippen LogP contribution in [0.5, 0.6) is 0 Å². The number of anilines is 1. The van der Waals surface area contributed by atoms with Crippen LogP contribution in [0.15, 0.2) is 12.1 Å². The van der Waals surface area contributed by atoms with Gasteiger partial charge in [-0.05, 0) is 20.0 Å². The third kappa shape index (κ3) is 2.97. The molecular formula is C13H17N5O2S. The summed E-state index contributed by atoms with van der Waals surface area (Å²) in [6.07, 6.45) is 0. The number of fused-ring (bicyclic) bond motifs is 1. The van der Waals surface area contributed by atoms with Gasteiger partial charge in [0.25, 0.3) is 5.69 Å². The SMILES string of the molecule is Cc1nc2cc(NN3CCN(C)CC3)c([N+](=O)[O-])cc2s1. The molecule has 1 aliphatic rings. The van der Waals surface area contributed by atoms with Gasteiger partial charge in [-0.2, -0.15) is 0 Å². The average molecular weight is 307 g/mol. The molecule has 2 aromatic rings. The zero-order valence-electron chi connectivity index (χ0n) is 12.0. The van der Waals surface area contributed by atoms with Gasteiger partial charge < -0.3 is 10.3 Å². The largest absolute Gasteiger partial charge is 0.313 e. The summed E-state index contributed by atoms with van der Waals surface area (Å²) in [4.78, 5) is 17.6. The third-order valence-electron chi connectivity index (χ3n) is 3.59. The lowest BCUT2D eigenvalue weighted by Gasteiger charge is -2.32. The number of nitro benzene ring substituents is 1. The van der Waals surface area contributed by atoms with Crippen LogP contribution in [0, 0.1) is 17.0 Å². The number of thiazole rings is 1. The van der Waals surface area contributed by atoms with E-state index in [1.165, 1.54) is 11.3 Å². The average Bonchev–Trinajstić information content (AvgIpc) is 2.79. The summed E-state index contributed by atoms with van der Waals surface area (Å²) in [5.41, 5.74) is 4.61. The molecule has 1 saturated heterocycles. The number of rotatable bonds is 3. The lowest BCUT2D eigenvalue weighted by molar-refractivity contribution is -0.383. The van der Waals surface area contributed by atoms with E-state index < -0.39 is 0 Å². The van der Waals surface area contributed by atoms with E-state index in [9.17, 15) is 10.1 Å². The molecule has 0 bridgehead atoms. The monoisotopic (exact) mass is 307 g/mol. The molecule has 8 heteroatoms. The predicted molar refractivity (Wildman–Crippen MR) is 83.7 cm³/mol. The fourth-order valence-electron chi connectivity index (χ4n) is 2.41. The number of nitro groups is 1. The van der Waals surface area contributed by atoms with Crippen LogP contribution in [0.25, 0.3) is 10.2 Å². The van der Waals surface area contributed by atoms with Crippen LogP contribution in [0.4, 0.5) is 11.4 Å². The van der Waals surface area contributed by atoms with Crippen molar-refractivity contribution >= 4 is 32.9 Å². The summed E-state index contributed by atoms with van der Waals surface area (Å²) in [5.74, 6) is 0. The number of hydrogen-bond acceptors (Lipinski definition) is 7. The predicted octanol–water partition coefficient (Wildman–Crippen LogP) is 2.09. The topological polar surface area (TPSA) is 74.5 Å². The second-order valence-corrected chi connectivity index (χ2v) is 6.46. The minimum absolute atomic E-state index is 0.102. The number of benzene rings is 1. The molecule has 1 aliphatic heterocycles. The molecule has 0 unspecified atom stereocenters. The Hall–Kier alpha value is -1.77. The van der Waals surface area contributed by atoms with Gasteiger partial charge >= 0.3 is 0 Å². The van der Waals surface area contributed by atoms with Crippen molar-refractivity contribution in [1.82, 2.24) is 14.9 Å². The van der Waals surface area contributed by atoms with Gasteiger partial charge in [0.05, 0.1) is 20.1 Å². The minimum atomic E-state index is -0.340. The van der Waals surface area contributed by atoms with Crippen LogP contribution >= 0.6 is 11.3 Å². The van der Waals surface area contributed by atoms with Crippen LogP contribution < -0.4 is 5.43 Å². The Bertz CT molecular complexity index is 678. The van der Waals surface area contributed by atoms with Crippen LogP contribution in [0.1, 0.15) is 5.01 Å². The van der Waals surface area contributed by atoms with Crippen molar-refractivity contribution in [1.29, 1.82) is 0 Å². The first-order chi connectivity index (χ1) is 10.0. The summed E-state index contributed by atoms with van der Waals surface area (Å²) in [7, 11) is 2.07. The third-order valence-corrected chi connectivity index (χ3v) is 4.52. The summed E-state index contributed by atoms with van der Waals surface area (Å²) < 4.78 is 0.850. The maximum atomic E-state index is 11.3. The van der Waals surface area contributed by atoms with Crippen molar-refractivity contribution < 1.29 is 4.92 Å². The molecular weight excluding hydrogens is 290 g/mol. The Balaban J connectivity index is 1.92. The van der Waals surface area contributed by atoms with Crippen molar-refractivity contribution in [3.63, 3.8) is 0 Å². The summed E-state index contributed by atoms with van der Waals surface area (Å²) in [5, 5.41) is 14.2. The van der Waals surface area contributed by atoms with Gasteiger partial charge in [-0.15, -0.1) is 11.3 Å². The highest BCUT2D eigenvalue weighted by atomic mass is 32.1. The first-order valence-electron chi connectivity index (χ1n) is 6.78. The zero-order valence-corrected chi connectivity index (χ0v) is 12.8. The van der Waals surface area contributed by atoms with Crippen LogP contribution in [-0.2, 0) is 0 Å². The Morgan fingerprint density at radius 2 is 2.05 bits per heavy atom. The number of nitrogens with zero attached hydrogens (tertiary/aromatic N) is 4. The molecule has 0 saturated carbocycles. The molecule has 0 amide bonds. The second kappa shape index (κ2) is 5.55. The number of aromatic nitrogens is 1. The molecule has 0 aliphatic carbocycles. The van der Waals surface area contributed by atoms with Crippen LogP contribution in [0.2, 0.25) is 0 Å². The Morgan fingerprint density at radius 1 is 1.33 bits per heavy atom. The van der Waals surface area contributed by atoms with Crippen molar-refractivity contribution in [3.8, 4) is 0 Å². The number of hydrazine groups is 1. The Labute approximate surface area is 126 Å². The van der Waals surface area contributed by atoms with E-state index in [1.807, 2.05) is 11.9 Å². The first-order valence-corrected chi connectivity index (χ1v) is 7.60. The van der Waals surface area contributed by atoms with Gasteiger partial charge in [-0.3, -0.25) is 10.1 Å². The normalized spacial score (nSPS) is 17.2. The maximum Gasteiger partial charge on any atom is 0.295 e. The Kier molecular flexibility index (Phi) is 3.75. The smallest absolute Gasteiger partial charge is 0.295 e. The van der Waals surface area contributed by atoms with Crippen molar-refractivity contribution in [2.75, 3.05) is 38.7 Å². The highest BCUT2D eigenvalue weighted by Crippen LogP contribution is 2.33. The molecule has 1 aromatic heterocycles. The highest BCUT2D eigenvalue weighted by Gasteiger charge is 2.21. The highest BCUT2D eigenvalue weighted by molar-refractivity contribution is 7.18. The number of nitrogens with one attached hydrogen (secondary N) is 1. The van der Waals surface area contributed by atoms with Gasteiger partial charge in [0.2, 0.25) is 0 Å². The second-order valence-electron chi connectivity index (χ2n) is 5.23. The minimum Gasteiger partial charge on any atom is -0.313 e. The number of piperazine rings is 1. The van der Waals surface area contributed by atoms with Gasteiger partial charge in [0.1, 0.15) is 5.69 Å². The van der Waals surface area contributed by atoms with Gasteiger partial charge in [0, 0.05) is 32.2 Å². The molecule has 1 aromatic carbocycles. The number of aryl methyl sites for hydroxylation is 1. The standard InChI is InChI=1S/C13H17N5O2S/c1-9-14-11-7-10(12(18(19)20)8-13(11)21-9)15-17-5-3-16(2)4-6-17/h7-8,15H,3-6H2,1-2H3. The van der Waals surface area contributed by atoms with E-state index in [0.29, 0.717) is 5.69 Å². The molecule has 1 N–H and O–H groups in total. The van der Waals surface area contributed by atoms with Crippen LogP contribution in [0.3, 0.4) is 0 Å². The molecule has 2 heterocycles. The van der Waals surface area contributed by atoms with E-state index in [1.54, 1.807) is 12.1 Å². The van der Waals surface area contributed by atoms with E-state index in [2.05, 4.69) is 22.4 Å². The van der Waals surface area contributed by atoms with E-state index in [4.69, 9.17) is 0 Å². The lowest BCUT2D eigenvalue weighted by atomic mass is 10.2. The van der Waals surface area contributed by atoms with Gasteiger partial charge in [-0.25, -0.2) is 9.99 Å².